The third-order valence-corrected chi connectivity index (χ3v) is 6.06. The Morgan fingerprint density at radius 3 is 2.68 bits per heavy atom. The minimum absolute atomic E-state index is 0.732. The molecule has 4 rings (SSSR count). The van der Waals surface area contributed by atoms with E-state index in [1.807, 2.05) is 36.0 Å². The highest BCUT2D eigenvalue weighted by atomic mass is 32.1. The van der Waals surface area contributed by atoms with Gasteiger partial charge >= 0.3 is 0 Å². The van der Waals surface area contributed by atoms with E-state index in [0.29, 0.717) is 0 Å². The molecule has 0 aliphatic carbocycles. The standard InChI is InChI=1S/C21H22N6S/c1-13-16(4)28-21-19(13)20(22-12-23-21)25-24-10-18-14(2)26-27(15(18)3)11-17-8-6-5-7-9-17/h5-10,12H,11H2,1-4H3,(H,22,23,25)/b24-10-. The summed E-state index contributed by atoms with van der Waals surface area (Å²) in [4.78, 5) is 11.0. The largest absolute Gasteiger partial charge is 0.265 e. The quantitative estimate of drug-likeness (QED) is 0.399. The average molecular weight is 391 g/mol. The number of aryl methyl sites for hydroxylation is 3. The fraction of sp³-hybridized carbons (Fsp3) is 0.238. The molecule has 0 saturated heterocycles. The average Bonchev–Trinajstić information content (AvgIpc) is 3.13. The SMILES string of the molecule is Cc1nn(Cc2ccccc2)c(C)c1/C=N\Nc1ncnc2sc(C)c(C)c12. The second-order valence-electron chi connectivity index (χ2n) is 6.78. The summed E-state index contributed by atoms with van der Waals surface area (Å²) in [6.45, 7) is 9.01. The summed E-state index contributed by atoms with van der Waals surface area (Å²) < 4.78 is 2.02. The van der Waals surface area contributed by atoms with Gasteiger partial charge in [0.1, 0.15) is 11.2 Å². The van der Waals surface area contributed by atoms with E-state index >= 15 is 0 Å². The predicted molar refractivity (Wildman–Crippen MR) is 115 cm³/mol. The van der Waals surface area contributed by atoms with Crippen molar-refractivity contribution >= 4 is 33.6 Å². The van der Waals surface area contributed by atoms with Crippen molar-refractivity contribution in [3.63, 3.8) is 0 Å². The van der Waals surface area contributed by atoms with Crippen LogP contribution in [0.15, 0.2) is 41.8 Å². The van der Waals surface area contributed by atoms with Gasteiger partial charge in [0.25, 0.3) is 0 Å². The number of rotatable bonds is 5. The van der Waals surface area contributed by atoms with E-state index in [2.05, 4.69) is 58.5 Å². The Bertz CT molecular complexity index is 1160. The summed E-state index contributed by atoms with van der Waals surface area (Å²) in [5, 5.41) is 10.1. The third-order valence-electron chi connectivity index (χ3n) is 4.94. The molecule has 0 aliphatic rings. The number of hydrazone groups is 1. The molecule has 0 fully saturated rings. The summed E-state index contributed by atoms with van der Waals surface area (Å²) >= 11 is 1.68. The fourth-order valence-electron chi connectivity index (χ4n) is 3.23. The molecule has 6 nitrogen and oxygen atoms in total. The summed E-state index contributed by atoms with van der Waals surface area (Å²) in [5.41, 5.74) is 8.57. The van der Waals surface area contributed by atoms with Crippen LogP contribution in [0.4, 0.5) is 5.82 Å². The van der Waals surface area contributed by atoms with Gasteiger partial charge in [-0.15, -0.1) is 11.3 Å². The Labute approximate surface area is 168 Å². The smallest absolute Gasteiger partial charge is 0.158 e. The predicted octanol–water partition coefficient (Wildman–Crippen LogP) is 4.62. The third kappa shape index (κ3) is 3.41. The number of hydrogen-bond acceptors (Lipinski definition) is 6. The van der Waals surface area contributed by atoms with E-state index in [9.17, 15) is 0 Å². The molecule has 28 heavy (non-hydrogen) atoms. The molecule has 0 spiro atoms. The molecule has 4 aromatic rings. The Morgan fingerprint density at radius 2 is 1.89 bits per heavy atom. The first-order chi connectivity index (χ1) is 13.5. The van der Waals surface area contributed by atoms with Gasteiger partial charge in [0.15, 0.2) is 5.82 Å². The van der Waals surface area contributed by atoms with Crippen LogP contribution in [0.2, 0.25) is 0 Å². The highest BCUT2D eigenvalue weighted by Gasteiger charge is 2.12. The molecule has 0 radical (unpaired) electrons. The van der Waals surface area contributed by atoms with Crippen molar-refractivity contribution in [3.05, 3.63) is 69.6 Å². The van der Waals surface area contributed by atoms with E-state index in [1.165, 1.54) is 16.0 Å². The molecule has 3 aromatic heterocycles. The minimum Gasteiger partial charge on any atom is -0.265 e. The topological polar surface area (TPSA) is 68.0 Å². The lowest BCUT2D eigenvalue weighted by Gasteiger charge is -2.04. The Balaban J connectivity index is 1.58. The molecule has 0 saturated carbocycles. The number of anilines is 1. The Hall–Kier alpha value is -3.06. The number of hydrogen-bond donors (Lipinski definition) is 1. The summed E-state index contributed by atoms with van der Waals surface area (Å²) in [6.07, 6.45) is 3.39. The summed E-state index contributed by atoms with van der Waals surface area (Å²) in [5.74, 6) is 0.732. The molecule has 0 atom stereocenters. The van der Waals surface area contributed by atoms with Crippen LogP contribution in [0.1, 0.15) is 33.0 Å². The molecule has 0 aliphatic heterocycles. The minimum atomic E-state index is 0.732. The van der Waals surface area contributed by atoms with Crippen molar-refractivity contribution in [2.45, 2.75) is 34.2 Å². The Morgan fingerprint density at radius 1 is 1.11 bits per heavy atom. The van der Waals surface area contributed by atoms with Gasteiger partial charge in [0.2, 0.25) is 0 Å². The van der Waals surface area contributed by atoms with Gasteiger partial charge in [-0.2, -0.15) is 10.2 Å². The Kier molecular flexibility index (Phi) is 4.92. The van der Waals surface area contributed by atoms with Gasteiger partial charge in [-0.25, -0.2) is 9.97 Å². The highest BCUT2D eigenvalue weighted by molar-refractivity contribution is 7.18. The first kappa shape index (κ1) is 18.3. The second kappa shape index (κ2) is 7.52. The highest BCUT2D eigenvalue weighted by Crippen LogP contribution is 2.32. The van der Waals surface area contributed by atoms with Crippen LogP contribution in [0.25, 0.3) is 10.2 Å². The van der Waals surface area contributed by atoms with Crippen molar-refractivity contribution in [1.29, 1.82) is 0 Å². The zero-order chi connectivity index (χ0) is 19.7. The van der Waals surface area contributed by atoms with Gasteiger partial charge in [-0.1, -0.05) is 30.3 Å². The monoisotopic (exact) mass is 390 g/mol. The van der Waals surface area contributed by atoms with Crippen LogP contribution < -0.4 is 5.43 Å². The van der Waals surface area contributed by atoms with Gasteiger partial charge in [0, 0.05) is 16.1 Å². The summed E-state index contributed by atoms with van der Waals surface area (Å²) in [6, 6.07) is 10.3. The number of benzene rings is 1. The number of thiophene rings is 1. The van der Waals surface area contributed by atoms with Crippen molar-refractivity contribution in [1.82, 2.24) is 19.7 Å². The maximum Gasteiger partial charge on any atom is 0.158 e. The van der Waals surface area contributed by atoms with Crippen LogP contribution in [0, 0.1) is 27.7 Å². The lowest BCUT2D eigenvalue weighted by molar-refractivity contribution is 0.659. The van der Waals surface area contributed by atoms with Crippen molar-refractivity contribution < 1.29 is 0 Å². The molecule has 0 bridgehead atoms. The summed E-state index contributed by atoms with van der Waals surface area (Å²) in [7, 11) is 0. The molecule has 7 heteroatoms. The molecule has 1 aromatic carbocycles. The van der Waals surface area contributed by atoms with Crippen LogP contribution in [-0.4, -0.2) is 26.0 Å². The van der Waals surface area contributed by atoms with E-state index in [4.69, 9.17) is 0 Å². The molecule has 142 valence electrons. The molecular formula is C21H22N6S. The van der Waals surface area contributed by atoms with E-state index < -0.39 is 0 Å². The van der Waals surface area contributed by atoms with Gasteiger partial charge < -0.3 is 0 Å². The second-order valence-corrected chi connectivity index (χ2v) is 7.99. The first-order valence-corrected chi connectivity index (χ1v) is 9.94. The molecule has 1 N–H and O–H groups in total. The number of nitrogens with zero attached hydrogens (tertiary/aromatic N) is 5. The normalized spacial score (nSPS) is 11.6. The maximum atomic E-state index is 4.67. The number of fused-ring (bicyclic) bond motifs is 1. The van der Waals surface area contributed by atoms with Gasteiger partial charge in [0.05, 0.1) is 23.8 Å². The van der Waals surface area contributed by atoms with E-state index in [-0.39, 0.29) is 0 Å². The molecular weight excluding hydrogens is 368 g/mol. The van der Waals surface area contributed by atoms with Crippen LogP contribution in [0.3, 0.4) is 0 Å². The molecule has 3 heterocycles. The molecule has 0 unspecified atom stereocenters. The molecule has 0 amide bonds. The zero-order valence-electron chi connectivity index (χ0n) is 16.4. The number of aromatic nitrogens is 4. The van der Waals surface area contributed by atoms with Crippen LogP contribution >= 0.6 is 11.3 Å². The first-order valence-electron chi connectivity index (χ1n) is 9.12. The van der Waals surface area contributed by atoms with Crippen molar-refractivity contribution in [2.75, 3.05) is 5.43 Å². The maximum absolute atomic E-state index is 4.67. The lowest BCUT2D eigenvalue weighted by Crippen LogP contribution is -2.04. The lowest BCUT2D eigenvalue weighted by atomic mass is 10.2. The van der Waals surface area contributed by atoms with Crippen LogP contribution in [0.5, 0.6) is 0 Å². The van der Waals surface area contributed by atoms with Gasteiger partial charge in [-0.05, 0) is 38.8 Å². The number of nitrogens with one attached hydrogen (secondary N) is 1. The van der Waals surface area contributed by atoms with Crippen molar-refractivity contribution in [3.8, 4) is 0 Å². The van der Waals surface area contributed by atoms with Crippen molar-refractivity contribution in [2.24, 2.45) is 5.10 Å². The zero-order valence-corrected chi connectivity index (χ0v) is 17.2. The van der Waals surface area contributed by atoms with E-state index in [1.54, 1.807) is 17.7 Å². The van der Waals surface area contributed by atoms with Gasteiger partial charge in [-0.3, -0.25) is 10.1 Å². The fourth-order valence-corrected chi connectivity index (χ4v) is 4.23. The van der Waals surface area contributed by atoms with E-state index in [0.717, 1.165) is 39.5 Å². The van der Waals surface area contributed by atoms with Crippen LogP contribution in [-0.2, 0) is 6.54 Å².